The molecule has 1 aromatic heterocycles. The molecule has 0 saturated carbocycles. The van der Waals surface area contributed by atoms with Crippen LogP contribution in [0.2, 0.25) is 0 Å². The molecule has 1 aliphatic rings. The quantitative estimate of drug-likeness (QED) is 0.418. The first-order valence-corrected chi connectivity index (χ1v) is 11.6. The number of hydrogen-bond acceptors (Lipinski definition) is 4. The van der Waals surface area contributed by atoms with Crippen LogP contribution in [0.5, 0.6) is 0 Å². The lowest BCUT2D eigenvalue weighted by Crippen LogP contribution is -2.29. The molecular weight excluding hydrogens is 400 g/mol. The molecule has 158 valence electrons. The molecule has 3 aromatic carbocycles. The molecule has 2 heterocycles. The van der Waals surface area contributed by atoms with Crippen molar-refractivity contribution in [3.8, 4) is 0 Å². The first-order chi connectivity index (χ1) is 15.0. The highest BCUT2D eigenvalue weighted by molar-refractivity contribution is 7.21. The molecule has 4 aromatic rings. The summed E-state index contributed by atoms with van der Waals surface area (Å²) in [5, 5.41) is 1.35. The fourth-order valence-electron chi connectivity index (χ4n) is 4.46. The maximum absolute atomic E-state index is 2.58. The number of nitrogens with zero attached hydrogens (tertiary/aromatic N) is 4. The number of rotatable bonds is 5. The van der Waals surface area contributed by atoms with Gasteiger partial charge in [0.2, 0.25) is 0 Å². The standard InChI is InChI=1S/C26H29N4S/c1-27(2)21-13-9-19(10-14-21)25(20-11-15-22(16-12-20)28(3)4)30-18-17-29-23-7-5-6-8-24(23)31-26(29)30/h5-16,25H,17-18H2,1-4H3/q+1. The first kappa shape index (κ1) is 19.9. The van der Waals surface area contributed by atoms with E-state index in [9.17, 15) is 0 Å². The molecule has 4 nitrogen and oxygen atoms in total. The smallest absolute Gasteiger partial charge is 0.338 e. The molecule has 0 aliphatic carbocycles. The number of fused-ring (bicyclic) bond motifs is 3. The predicted octanol–water partition coefficient (Wildman–Crippen LogP) is 4.93. The summed E-state index contributed by atoms with van der Waals surface area (Å²) < 4.78 is 3.84. The zero-order valence-electron chi connectivity index (χ0n) is 18.6. The van der Waals surface area contributed by atoms with E-state index in [2.05, 4.69) is 120 Å². The van der Waals surface area contributed by atoms with E-state index in [-0.39, 0.29) is 6.04 Å². The maximum atomic E-state index is 2.58. The topological polar surface area (TPSA) is 13.6 Å². The molecule has 1 aliphatic heterocycles. The molecule has 0 saturated heterocycles. The molecule has 0 fully saturated rings. The second kappa shape index (κ2) is 7.89. The minimum Gasteiger partial charge on any atom is -0.378 e. The number of para-hydroxylation sites is 1. The molecule has 5 heteroatoms. The van der Waals surface area contributed by atoms with Crippen LogP contribution in [-0.4, -0.2) is 34.7 Å². The van der Waals surface area contributed by atoms with Crippen LogP contribution in [0.25, 0.3) is 10.2 Å². The molecule has 0 radical (unpaired) electrons. The largest absolute Gasteiger partial charge is 0.378 e. The Bertz CT molecular complexity index is 1140. The van der Waals surface area contributed by atoms with Crippen molar-refractivity contribution in [1.82, 2.24) is 0 Å². The van der Waals surface area contributed by atoms with Crippen molar-refractivity contribution >= 4 is 38.1 Å². The second-order valence-electron chi connectivity index (χ2n) is 8.57. The Balaban J connectivity index is 1.61. The van der Waals surface area contributed by atoms with Gasteiger partial charge in [0.15, 0.2) is 0 Å². The highest BCUT2D eigenvalue weighted by atomic mass is 32.1. The number of thiazole rings is 1. The van der Waals surface area contributed by atoms with E-state index in [0.29, 0.717) is 0 Å². The first-order valence-electron chi connectivity index (χ1n) is 10.8. The third-order valence-electron chi connectivity index (χ3n) is 6.16. The normalized spacial score (nSPS) is 13.1. The second-order valence-corrected chi connectivity index (χ2v) is 9.58. The van der Waals surface area contributed by atoms with Crippen LogP contribution in [0.15, 0.2) is 72.8 Å². The van der Waals surface area contributed by atoms with Gasteiger partial charge in [-0.25, -0.2) is 9.47 Å². The Kier molecular flexibility index (Phi) is 5.06. The van der Waals surface area contributed by atoms with Gasteiger partial charge in [0.05, 0.1) is 4.70 Å². The minimum atomic E-state index is 0.189. The van der Waals surface area contributed by atoms with Crippen molar-refractivity contribution < 1.29 is 4.57 Å². The van der Waals surface area contributed by atoms with Gasteiger partial charge in [0, 0.05) is 50.7 Å². The lowest BCUT2D eigenvalue weighted by atomic mass is 9.96. The number of hydrogen-bond donors (Lipinski definition) is 0. The molecular formula is C26H29N4S+. The number of benzene rings is 3. The van der Waals surface area contributed by atoms with Gasteiger partial charge in [-0.15, -0.1) is 0 Å². The maximum Gasteiger partial charge on any atom is 0.338 e. The SMILES string of the molecule is CN(C)c1ccc(C(c2ccc(N(C)C)cc2)N2CC[n+]3c2sc2ccccc23)cc1. The van der Waals surface area contributed by atoms with E-state index in [1.807, 2.05) is 11.3 Å². The average Bonchev–Trinajstić information content (AvgIpc) is 3.35. The summed E-state index contributed by atoms with van der Waals surface area (Å²) in [6.45, 7) is 2.05. The van der Waals surface area contributed by atoms with Crippen LogP contribution in [0.4, 0.5) is 16.5 Å². The Morgan fingerprint density at radius 2 is 1.32 bits per heavy atom. The molecule has 0 bridgehead atoms. The van der Waals surface area contributed by atoms with Crippen LogP contribution in [0, 0.1) is 0 Å². The van der Waals surface area contributed by atoms with Gasteiger partial charge < -0.3 is 9.80 Å². The van der Waals surface area contributed by atoms with Crippen molar-refractivity contribution in [3.63, 3.8) is 0 Å². The van der Waals surface area contributed by atoms with Crippen LogP contribution in [0.1, 0.15) is 17.2 Å². The van der Waals surface area contributed by atoms with E-state index >= 15 is 0 Å². The monoisotopic (exact) mass is 429 g/mol. The Labute approximate surface area is 188 Å². The van der Waals surface area contributed by atoms with Gasteiger partial charge in [-0.1, -0.05) is 36.4 Å². The molecule has 0 spiro atoms. The number of anilines is 3. The van der Waals surface area contributed by atoms with E-state index in [4.69, 9.17) is 0 Å². The molecule has 31 heavy (non-hydrogen) atoms. The molecule has 0 unspecified atom stereocenters. The summed E-state index contributed by atoms with van der Waals surface area (Å²) in [5.41, 5.74) is 6.45. The van der Waals surface area contributed by atoms with Crippen LogP contribution < -0.4 is 19.3 Å². The summed E-state index contributed by atoms with van der Waals surface area (Å²) in [4.78, 5) is 6.89. The van der Waals surface area contributed by atoms with Gasteiger partial charge in [0.1, 0.15) is 24.6 Å². The summed E-state index contributed by atoms with van der Waals surface area (Å²) in [7, 11) is 8.36. The van der Waals surface area contributed by atoms with Crippen LogP contribution in [0.3, 0.4) is 0 Å². The van der Waals surface area contributed by atoms with Crippen molar-refractivity contribution in [3.05, 3.63) is 83.9 Å². The zero-order chi connectivity index (χ0) is 21.5. The Morgan fingerprint density at radius 3 is 1.87 bits per heavy atom. The van der Waals surface area contributed by atoms with Gasteiger partial charge in [0.25, 0.3) is 0 Å². The van der Waals surface area contributed by atoms with Crippen molar-refractivity contribution in [2.75, 3.05) is 49.4 Å². The van der Waals surface area contributed by atoms with Gasteiger partial charge in [-0.05, 0) is 47.7 Å². The van der Waals surface area contributed by atoms with E-state index in [1.54, 1.807) is 0 Å². The van der Waals surface area contributed by atoms with E-state index in [1.165, 1.54) is 37.8 Å². The summed E-state index contributed by atoms with van der Waals surface area (Å²) in [5.74, 6) is 0. The highest BCUT2D eigenvalue weighted by Crippen LogP contribution is 2.39. The third-order valence-corrected chi connectivity index (χ3v) is 7.36. The third kappa shape index (κ3) is 3.53. The lowest BCUT2D eigenvalue weighted by Gasteiger charge is -2.24. The predicted molar refractivity (Wildman–Crippen MR) is 133 cm³/mol. The van der Waals surface area contributed by atoms with E-state index < -0.39 is 0 Å². The number of aromatic nitrogens is 1. The van der Waals surface area contributed by atoms with Gasteiger partial charge in [-0.3, -0.25) is 0 Å². The fraction of sp³-hybridized carbons (Fsp3) is 0.269. The molecule has 5 rings (SSSR count). The zero-order valence-corrected chi connectivity index (χ0v) is 19.4. The van der Waals surface area contributed by atoms with Crippen LogP contribution >= 0.6 is 11.3 Å². The average molecular weight is 430 g/mol. The fourth-order valence-corrected chi connectivity index (χ4v) is 5.70. The van der Waals surface area contributed by atoms with Gasteiger partial charge >= 0.3 is 5.13 Å². The molecule has 0 atom stereocenters. The Hall–Kier alpha value is -3.05. The summed E-state index contributed by atoms with van der Waals surface area (Å²) in [6.07, 6.45) is 0. The van der Waals surface area contributed by atoms with Crippen molar-refractivity contribution in [1.29, 1.82) is 0 Å². The minimum absolute atomic E-state index is 0.189. The molecule has 0 amide bonds. The van der Waals surface area contributed by atoms with Crippen molar-refractivity contribution in [2.24, 2.45) is 0 Å². The van der Waals surface area contributed by atoms with Crippen LogP contribution in [-0.2, 0) is 6.54 Å². The lowest BCUT2D eigenvalue weighted by molar-refractivity contribution is -0.641. The van der Waals surface area contributed by atoms with E-state index in [0.717, 1.165) is 13.1 Å². The summed E-state index contributed by atoms with van der Waals surface area (Å²) in [6, 6.07) is 27.0. The highest BCUT2D eigenvalue weighted by Gasteiger charge is 2.39. The summed E-state index contributed by atoms with van der Waals surface area (Å²) >= 11 is 1.90. The van der Waals surface area contributed by atoms with Gasteiger partial charge in [-0.2, -0.15) is 0 Å². The van der Waals surface area contributed by atoms with Crippen molar-refractivity contribution in [2.45, 2.75) is 12.6 Å². The Morgan fingerprint density at radius 1 is 0.774 bits per heavy atom. The molecule has 0 N–H and O–H groups in total.